The predicted octanol–water partition coefficient (Wildman–Crippen LogP) is 1.54. The van der Waals surface area contributed by atoms with Crippen molar-refractivity contribution in [2.45, 2.75) is 30.7 Å². The van der Waals surface area contributed by atoms with Crippen LogP contribution in [0.4, 0.5) is 18.2 Å². The van der Waals surface area contributed by atoms with E-state index in [1.807, 2.05) is 0 Å². The third-order valence-electron chi connectivity index (χ3n) is 3.93. The number of hydrogen-bond acceptors (Lipinski definition) is 7. The van der Waals surface area contributed by atoms with E-state index >= 15 is 0 Å². The molecule has 1 aliphatic rings. The number of aliphatic hydroxyl groups is 1. The van der Waals surface area contributed by atoms with Crippen LogP contribution in [0.15, 0.2) is 6.07 Å². The summed E-state index contributed by atoms with van der Waals surface area (Å²) in [6.07, 6.45) is -4.59. The first-order chi connectivity index (χ1) is 11.6. The smallest absolute Gasteiger partial charge is 0.432 e. The molecule has 1 saturated heterocycles. The molecular weight excluding hydrogens is 367 g/mol. The lowest BCUT2D eigenvalue weighted by Gasteiger charge is -2.31. The zero-order chi connectivity index (χ0) is 19.0. The second kappa shape index (κ2) is 6.64. The summed E-state index contributed by atoms with van der Waals surface area (Å²) in [5, 5.41) is 19.1. The van der Waals surface area contributed by atoms with Crippen LogP contribution in [0.3, 0.4) is 0 Å². The number of halogens is 3. The first-order valence-corrected chi connectivity index (χ1v) is 7.86. The Morgan fingerprint density at radius 1 is 1.44 bits per heavy atom. The van der Waals surface area contributed by atoms with Crippen LogP contribution in [0, 0.1) is 0 Å². The quantitative estimate of drug-likeness (QED) is 0.589. The van der Waals surface area contributed by atoms with Crippen LogP contribution < -0.4 is 4.90 Å². The van der Waals surface area contributed by atoms with Gasteiger partial charge in [0.2, 0.25) is 0 Å². The molecule has 2 heterocycles. The molecule has 1 unspecified atom stereocenters. The SMILES string of the molecule is COC(=O)C(O)(c1cc(C=O)sc1N1CCC[C@H]1C(=O)O)C(F)(F)F. The Balaban J connectivity index is 2.68. The van der Waals surface area contributed by atoms with Crippen LogP contribution in [-0.2, 0) is 19.9 Å². The Hall–Kier alpha value is -2.14. The zero-order valence-corrected chi connectivity index (χ0v) is 13.7. The van der Waals surface area contributed by atoms with Gasteiger partial charge in [0.05, 0.1) is 17.0 Å². The average molecular weight is 381 g/mol. The first kappa shape index (κ1) is 19.2. The van der Waals surface area contributed by atoms with Crippen LogP contribution in [0.25, 0.3) is 0 Å². The molecular formula is C14H14F3NO6S. The molecule has 2 rings (SSSR count). The number of nitrogens with zero attached hydrogens (tertiary/aromatic N) is 1. The van der Waals surface area contributed by atoms with Gasteiger partial charge >= 0.3 is 18.1 Å². The van der Waals surface area contributed by atoms with E-state index in [1.54, 1.807) is 0 Å². The summed E-state index contributed by atoms with van der Waals surface area (Å²) in [7, 11) is 0.682. The number of carbonyl (C=O) groups excluding carboxylic acids is 2. The summed E-state index contributed by atoms with van der Waals surface area (Å²) >= 11 is 0.576. The number of alkyl halides is 3. The number of carbonyl (C=O) groups is 3. The molecule has 1 aromatic heterocycles. The molecule has 0 bridgehead atoms. The van der Waals surface area contributed by atoms with E-state index in [2.05, 4.69) is 4.74 Å². The van der Waals surface area contributed by atoms with Gasteiger partial charge in [0.1, 0.15) is 6.04 Å². The maximum atomic E-state index is 13.5. The van der Waals surface area contributed by atoms with Crippen molar-refractivity contribution in [2.75, 3.05) is 18.6 Å². The largest absolute Gasteiger partial charge is 0.480 e. The van der Waals surface area contributed by atoms with Crippen LogP contribution in [0.1, 0.15) is 28.1 Å². The molecule has 11 heteroatoms. The summed E-state index contributed by atoms with van der Waals surface area (Å²) in [6.45, 7) is 0.109. The fourth-order valence-corrected chi connectivity index (χ4v) is 3.82. The lowest BCUT2D eigenvalue weighted by molar-refractivity contribution is -0.266. The van der Waals surface area contributed by atoms with E-state index in [4.69, 9.17) is 0 Å². The van der Waals surface area contributed by atoms with Gasteiger partial charge in [-0.05, 0) is 18.9 Å². The highest BCUT2D eigenvalue weighted by molar-refractivity contribution is 7.17. The van der Waals surface area contributed by atoms with Crippen molar-refractivity contribution in [1.82, 2.24) is 0 Å². The average Bonchev–Trinajstić information content (AvgIpc) is 3.18. The van der Waals surface area contributed by atoms with Crippen molar-refractivity contribution in [1.29, 1.82) is 0 Å². The Labute approximate surface area is 143 Å². The van der Waals surface area contributed by atoms with Gasteiger partial charge < -0.3 is 19.8 Å². The monoisotopic (exact) mass is 381 g/mol. The summed E-state index contributed by atoms with van der Waals surface area (Å²) in [5.41, 5.74) is -4.92. The number of hydrogen-bond donors (Lipinski definition) is 2. The van der Waals surface area contributed by atoms with Crippen molar-refractivity contribution < 1.29 is 42.5 Å². The molecule has 1 aliphatic heterocycles. The second-order valence-electron chi connectivity index (χ2n) is 5.37. The van der Waals surface area contributed by atoms with Gasteiger partial charge in [-0.3, -0.25) is 4.79 Å². The van der Waals surface area contributed by atoms with Gasteiger partial charge in [-0.15, -0.1) is 11.3 Å². The molecule has 138 valence electrons. The number of anilines is 1. The van der Waals surface area contributed by atoms with Crippen molar-refractivity contribution in [3.8, 4) is 0 Å². The van der Waals surface area contributed by atoms with Gasteiger partial charge in [-0.1, -0.05) is 0 Å². The molecule has 2 atom stereocenters. The molecule has 0 saturated carbocycles. The van der Waals surface area contributed by atoms with E-state index in [-0.39, 0.29) is 29.1 Å². The Morgan fingerprint density at radius 3 is 2.56 bits per heavy atom. The summed E-state index contributed by atoms with van der Waals surface area (Å²) in [5.74, 6) is -3.22. The lowest BCUT2D eigenvalue weighted by atomic mass is 9.94. The molecule has 0 aliphatic carbocycles. The first-order valence-electron chi connectivity index (χ1n) is 7.04. The Morgan fingerprint density at radius 2 is 2.08 bits per heavy atom. The highest BCUT2D eigenvalue weighted by atomic mass is 32.1. The van der Waals surface area contributed by atoms with E-state index < -0.39 is 35.3 Å². The predicted molar refractivity (Wildman–Crippen MR) is 79.7 cm³/mol. The fraction of sp³-hybridized carbons (Fsp3) is 0.500. The number of methoxy groups -OCH3 is 1. The van der Waals surface area contributed by atoms with Gasteiger partial charge in [0, 0.05) is 12.1 Å². The summed E-state index contributed by atoms with van der Waals surface area (Å²) < 4.78 is 44.6. The van der Waals surface area contributed by atoms with Gasteiger partial charge in [0.25, 0.3) is 5.60 Å². The maximum absolute atomic E-state index is 13.5. The van der Waals surface area contributed by atoms with Gasteiger partial charge in [-0.2, -0.15) is 13.2 Å². The number of aliphatic carboxylic acids is 1. The third-order valence-corrected chi connectivity index (χ3v) is 5.02. The maximum Gasteiger partial charge on any atom is 0.432 e. The Kier molecular flexibility index (Phi) is 5.09. The molecule has 0 radical (unpaired) electrons. The van der Waals surface area contributed by atoms with Gasteiger partial charge in [0.15, 0.2) is 6.29 Å². The van der Waals surface area contributed by atoms with Crippen molar-refractivity contribution in [3.05, 3.63) is 16.5 Å². The zero-order valence-electron chi connectivity index (χ0n) is 12.9. The number of thiophene rings is 1. The number of aldehydes is 1. The van der Waals surface area contributed by atoms with E-state index in [9.17, 15) is 37.8 Å². The lowest BCUT2D eigenvalue weighted by Crippen LogP contribution is -2.50. The molecule has 7 nitrogen and oxygen atoms in total. The number of carboxylic acid groups (broad SMARTS) is 1. The molecule has 0 aromatic carbocycles. The van der Waals surface area contributed by atoms with Crippen LogP contribution in [-0.4, -0.2) is 54.3 Å². The highest BCUT2D eigenvalue weighted by Crippen LogP contribution is 2.48. The number of carboxylic acids is 1. The fourth-order valence-electron chi connectivity index (χ4n) is 2.72. The minimum Gasteiger partial charge on any atom is -0.480 e. The molecule has 1 fully saturated rings. The van der Waals surface area contributed by atoms with E-state index in [1.165, 1.54) is 0 Å². The highest BCUT2D eigenvalue weighted by Gasteiger charge is 2.64. The Bertz CT molecular complexity index is 703. The summed E-state index contributed by atoms with van der Waals surface area (Å²) in [6, 6.07) is -0.388. The van der Waals surface area contributed by atoms with E-state index in [0.29, 0.717) is 24.9 Å². The molecule has 0 amide bonds. The minimum atomic E-state index is -5.44. The normalized spacial score (nSPS) is 20.2. The van der Waals surface area contributed by atoms with Crippen molar-refractivity contribution in [3.63, 3.8) is 0 Å². The van der Waals surface area contributed by atoms with Crippen LogP contribution in [0.2, 0.25) is 0 Å². The molecule has 2 N–H and O–H groups in total. The molecule has 25 heavy (non-hydrogen) atoms. The second-order valence-corrected chi connectivity index (χ2v) is 6.44. The van der Waals surface area contributed by atoms with Crippen molar-refractivity contribution in [2.24, 2.45) is 0 Å². The minimum absolute atomic E-state index is 0.109. The third kappa shape index (κ3) is 3.09. The number of esters is 1. The number of ether oxygens (including phenoxy) is 1. The summed E-state index contributed by atoms with van der Waals surface area (Å²) in [4.78, 5) is 35.1. The number of rotatable bonds is 5. The van der Waals surface area contributed by atoms with E-state index in [0.717, 1.165) is 11.0 Å². The van der Waals surface area contributed by atoms with Gasteiger partial charge in [-0.25, -0.2) is 9.59 Å². The van der Waals surface area contributed by atoms with Crippen molar-refractivity contribution >= 4 is 34.6 Å². The van der Waals surface area contributed by atoms with Crippen LogP contribution in [0.5, 0.6) is 0 Å². The standard InChI is InChI=1S/C14H14F3NO6S/c1-24-12(22)13(23,14(15,16)17)8-5-7(6-19)25-10(8)18-4-2-3-9(18)11(20)21/h5-6,9,23H,2-4H2,1H3,(H,20,21)/t9-,13?/m0/s1. The topological polar surface area (TPSA) is 104 Å². The molecule has 0 spiro atoms. The molecule has 1 aromatic rings. The van der Waals surface area contributed by atoms with Crippen LogP contribution >= 0.6 is 11.3 Å².